The molecule has 1 aromatic heterocycles. The molecule has 0 radical (unpaired) electrons. The molecule has 1 saturated heterocycles. The molecule has 0 unspecified atom stereocenters. The summed E-state index contributed by atoms with van der Waals surface area (Å²) < 4.78 is 15.1. The van der Waals surface area contributed by atoms with Crippen LogP contribution in [-0.2, 0) is 0 Å². The molecule has 0 spiro atoms. The van der Waals surface area contributed by atoms with E-state index >= 15 is 0 Å². The highest BCUT2D eigenvalue weighted by atomic mass is 35.5. The lowest BCUT2D eigenvalue weighted by molar-refractivity contribution is 0.0688. The number of hydrogen-bond acceptors (Lipinski definition) is 3. The number of rotatable bonds is 3. The maximum absolute atomic E-state index is 13.5. The molecular formula is C16H15ClFN3O3. The molecule has 0 bridgehead atoms. The first-order valence-electron chi connectivity index (χ1n) is 7.48. The monoisotopic (exact) mass is 351 g/mol. The summed E-state index contributed by atoms with van der Waals surface area (Å²) in [4.78, 5) is 25.0. The average molecular weight is 352 g/mol. The number of benzene rings is 1. The number of carbonyl (C=O) groups is 2. The smallest absolute Gasteiger partial charge is 0.338 e. The molecule has 0 aliphatic carbocycles. The normalized spacial score (nSPS) is 15.5. The van der Waals surface area contributed by atoms with Gasteiger partial charge in [0.15, 0.2) is 0 Å². The molecule has 1 aromatic carbocycles. The number of aromatic nitrogens is 2. The SMILES string of the molecule is O=C(O)c1cnn(C2CCN(C(=O)c3cccc(F)c3Cl)CC2)c1. The van der Waals surface area contributed by atoms with Gasteiger partial charge in [0.05, 0.1) is 28.4 Å². The maximum Gasteiger partial charge on any atom is 0.338 e. The zero-order valence-electron chi connectivity index (χ0n) is 12.7. The number of hydrogen-bond donors (Lipinski definition) is 1. The van der Waals surface area contributed by atoms with E-state index < -0.39 is 11.8 Å². The molecule has 3 rings (SSSR count). The summed E-state index contributed by atoms with van der Waals surface area (Å²) in [6.07, 6.45) is 4.08. The van der Waals surface area contributed by atoms with Gasteiger partial charge >= 0.3 is 5.97 Å². The van der Waals surface area contributed by atoms with Gasteiger partial charge in [-0.1, -0.05) is 17.7 Å². The molecule has 1 aliphatic rings. The Morgan fingerprint density at radius 1 is 1.29 bits per heavy atom. The van der Waals surface area contributed by atoms with Gasteiger partial charge < -0.3 is 10.0 Å². The predicted molar refractivity (Wildman–Crippen MR) is 84.8 cm³/mol. The van der Waals surface area contributed by atoms with E-state index in [9.17, 15) is 14.0 Å². The molecule has 1 aliphatic heterocycles. The zero-order chi connectivity index (χ0) is 17.3. The van der Waals surface area contributed by atoms with Crippen molar-refractivity contribution in [1.82, 2.24) is 14.7 Å². The number of piperidine rings is 1. The molecule has 1 fully saturated rings. The van der Waals surface area contributed by atoms with Crippen molar-refractivity contribution in [3.05, 3.63) is 52.6 Å². The first-order valence-corrected chi connectivity index (χ1v) is 7.86. The minimum Gasteiger partial charge on any atom is -0.478 e. The summed E-state index contributed by atoms with van der Waals surface area (Å²) in [6.45, 7) is 0.942. The average Bonchev–Trinajstić information content (AvgIpc) is 3.07. The van der Waals surface area contributed by atoms with Crippen LogP contribution in [0.25, 0.3) is 0 Å². The third-order valence-electron chi connectivity index (χ3n) is 4.16. The van der Waals surface area contributed by atoms with Crippen molar-refractivity contribution in [2.24, 2.45) is 0 Å². The predicted octanol–water partition coefficient (Wildman–Crippen LogP) is 2.85. The van der Waals surface area contributed by atoms with Crippen LogP contribution in [0.1, 0.15) is 39.6 Å². The van der Waals surface area contributed by atoms with Crippen LogP contribution in [0.4, 0.5) is 4.39 Å². The second kappa shape index (κ2) is 6.60. The molecule has 8 heteroatoms. The van der Waals surface area contributed by atoms with E-state index in [1.54, 1.807) is 9.58 Å². The van der Waals surface area contributed by atoms with Crippen molar-refractivity contribution < 1.29 is 19.1 Å². The molecule has 6 nitrogen and oxygen atoms in total. The number of carbonyl (C=O) groups excluding carboxylic acids is 1. The van der Waals surface area contributed by atoms with E-state index in [1.165, 1.54) is 30.6 Å². The van der Waals surface area contributed by atoms with E-state index in [1.807, 2.05) is 0 Å². The van der Waals surface area contributed by atoms with Crippen LogP contribution in [-0.4, -0.2) is 44.8 Å². The van der Waals surface area contributed by atoms with Crippen LogP contribution in [0.15, 0.2) is 30.6 Å². The number of amides is 1. The van der Waals surface area contributed by atoms with Gasteiger partial charge in [0, 0.05) is 19.3 Å². The number of carboxylic acid groups (broad SMARTS) is 1. The first kappa shape index (κ1) is 16.4. The summed E-state index contributed by atoms with van der Waals surface area (Å²) in [5.41, 5.74) is 0.294. The van der Waals surface area contributed by atoms with E-state index in [4.69, 9.17) is 16.7 Å². The lowest BCUT2D eigenvalue weighted by Gasteiger charge is -2.32. The number of nitrogens with zero attached hydrogens (tertiary/aromatic N) is 3. The summed E-state index contributed by atoms with van der Waals surface area (Å²) in [5, 5.41) is 12.8. The Hall–Kier alpha value is -2.41. The highest BCUT2D eigenvalue weighted by Crippen LogP contribution is 2.26. The van der Waals surface area contributed by atoms with Gasteiger partial charge in [-0.15, -0.1) is 0 Å². The summed E-state index contributed by atoms with van der Waals surface area (Å²) in [7, 11) is 0. The lowest BCUT2D eigenvalue weighted by atomic mass is 10.0. The van der Waals surface area contributed by atoms with Crippen molar-refractivity contribution in [2.45, 2.75) is 18.9 Å². The van der Waals surface area contributed by atoms with Crippen LogP contribution in [0.3, 0.4) is 0 Å². The molecule has 0 saturated carbocycles. The zero-order valence-corrected chi connectivity index (χ0v) is 13.4. The van der Waals surface area contributed by atoms with E-state index in [0.717, 1.165) is 0 Å². The molecule has 1 amide bonds. The summed E-state index contributed by atoms with van der Waals surface area (Å²) in [6, 6.07) is 4.21. The van der Waals surface area contributed by atoms with E-state index in [0.29, 0.717) is 25.9 Å². The van der Waals surface area contributed by atoms with Gasteiger partial charge in [-0.3, -0.25) is 9.48 Å². The third-order valence-corrected chi connectivity index (χ3v) is 4.54. The Balaban J connectivity index is 1.67. The van der Waals surface area contributed by atoms with Gasteiger partial charge in [0.1, 0.15) is 5.82 Å². The number of aromatic carboxylic acids is 1. The van der Waals surface area contributed by atoms with Crippen molar-refractivity contribution in [2.75, 3.05) is 13.1 Å². The Labute approximate surface area is 142 Å². The quantitative estimate of drug-likeness (QED) is 0.922. The van der Waals surface area contributed by atoms with Crippen molar-refractivity contribution in [1.29, 1.82) is 0 Å². The van der Waals surface area contributed by atoms with Crippen LogP contribution < -0.4 is 0 Å². The lowest BCUT2D eigenvalue weighted by Crippen LogP contribution is -2.39. The topological polar surface area (TPSA) is 75.4 Å². The fraction of sp³-hybridized carbons (Fsp3) is 0.312. The minimum absolute atomic E-state index is 0.0325. The molecule has 0 atom stereocenters. The Kier molecular flexibility index (Phi) is 4.53. The van der Waals surface area contributed by atoms with Gasteiger partial charge in [0.25, 0.3) is 5.91 Å². The molecule has 2 heterocycles. The second-order valence-corrected chi connectivity index (χ2v) is 6.02. The number of carboxylic acids is 1. The fourth-order valence-corrected chi connectivity index (χ4v) is 3.03. The molecule has 24 heavy (non-hydrogen) atoms. The summed E-state index contributed by atoms with van der Waals surface area (Å²) >= 11 is 5.87. The molecular weight excluding hydrogens is 337 g/mol. The maximum atomic E-state index is 13.5. The number of halogens is 2. The fourth-order valence-electron chi connectivity index (χ4n) is 2.82. The summed E-state index contributed by atoms with van der Waals surface area (Å²) in [5.74, 6) is -1.94. The van der Waals surface area contributed by atoms with Gasteiger partial charge in [0.2, 0.25) is 0 Å². The van der Waals surface area contributed by atoms with Gasteiger partial charge in [-0.05, 0) is 25.0 Å². The second-order valence-electron chi connectivity index (χ2n) is 5.64. The third kappa shape index (κ3) is 3.12. The van der Waals surface area contributed by atoms with Gasteiger partial charge in [-0.25, -0.2) is 9.18 Å². The van der Waals surface area contributed by atoms with E-state index in [2.05, 4.69) is 5.10 Å². The largest absolute Gasteiger partial charge is 0.478 e. The standard InChI is InChI=1S/C16H15ClFN3O3/c17-14-12(2-1-3-13(14)18)15(22)20-6-4-11(5-7-20)21-9-10(8-19-21)16(23)24/h1-3,8-9,11H,4-7H2,(H,23,24). The molecule has 126 valence electrons. The minimum atomic E-state index is -1.02. The molecule has 2 aromatic rings. The van der Waals surface area contributed by atoms with Crippen LogP contribution in [0, 0.1) is 5.82 Å². The number of likely N-dealkylation sites (tertiary alicyclic amines) is 1. The first-order chi connectivity index (χ1) is 11.5. The van der Waals surface area contributed by atoms with Crippen molar-refractivity contribution in [3.8, 4) is 0 Å². The van der Waals surface area contributed by atoms with Crippen molar-refractivity contribution in [3.63, 3.8) is 0 Å². The van der Waals surface area contributed by atoms with E-state index in [-0.39, 0.29) is 28.1 Å². The highest BCUT2D eigenvalue weighted by Gasteiger charge is 2.27. The Morgan fingerprint density at radius 2 is 2.00 bits per heavy atom. The molecule has 1 N–H and O–H groups in total. The van der Waals surface area contributed by atoms with Crippen molar-refractivity contribution >= 4 is 23.5 Å². The Morgan fingerprint density at radius 3 is 2.62 bits per heavy atom. The van der Waals surface area contributed by atoms with Crippen LogP contribution >= 0.6 is 11.6 Å². The van der Waals surface area contributed by atoms with Gasteiger partial charge in [-0.2, -0.15) is 5.10 Å². The highest BCUT2D eigenvalue weighted by molar-refractivity contribution is 6.34. The Bertz CT molecular complexity index is 785. The van der Waals surface area contributed by atoms with Crippen LogP contribution in [0.5, 0.6) is 0 Å². The van der Waals surface area contributed by atoms with Crippen LogP contribution in [0.2, 0.25) is 5.02 Å².